The van der Waals surface area contributed by atoms with Gasteiger partial charge in [-0.05, 0) is 12.1 Å². The summed E-state index contributed by atoms with van der Waals surface area (Å²) in [5, 5.41) is 20.9. The maximum Gasteiger partial charge on any atom is 0.241 e. The molecule has 0 aliphatic heterocycles. The van der Waals surface area contributed by atoms with Gasteiger partial charge in [0.1, 0.15) is 12.4 Å². The summed E-state index contributed by atoms with van der Waals surface area (Å²) in [6.45, 7) is 5.14. The first kappa shape index (κ1) is 11.6. The molecule has 1 rings (SSSR count). The van der Waals surface area contributed by atoms with Gasteiger partial charge in [0.2, 0.25) is 5.91 Å². The minimum Gasteiger partial charge on any atom is -0.487 e. The molecule has 15 heavy (non-hydrogen) atoms. The number of nitrogens with one attached hydrogen (secondary N) is 1. The normalized spacial score (nSPS) is 10.9. The minimum absolute atomic E-state index is 0.367. The Morgan fingerprint density at radius 2 is 2.13 bits per heavy atom. The van der Waals surface area contributed by atoms with E-state index in [1.807, 2.05) is 0 Å². The van der Waals surface area contributed by atoms with Crippen LogP contribution in [-0.2, 0) is 0 Å². The lowest BCUT2D eigenvalue weighted by Crippen LogP contribution is -2.33. The van der Waals surface area contributed by atoms with Crippen molar-refractivity contribution in [3.63, 3.8) is 0 Å². The predicted octanol–water partition coefficient (Wildman–Crippen LogP) is 1.32. The molecule has 0 saturated heterocycles. The van der Waals surface area contributed by atoms with Gasteiger partial charge in [-0.3, -0.25) is 0 Å². The van der Waals surface area contributed by atoms with Gasteiger partial charge in [-0.15, -0.1) is 0 Å². The van der Waals surface area contributed by atoms with Gasteiger partial charge in [0.25, 0.3) is 0 Å². The highest BCUT2D eigenvalue weighted by molar-refractivity contribution is 5.56. The molecule has 0 saturated carbocycles. The van der Waals surface area contributed by atoms with Gasteiger partial charge in [0.15, 0.2) is 0 Å². The molecule has 0 fully saturated rings. The van der Waals surface area contributed by atoms with Gasteiger partial charge in [-0.1, -0.05) is 24.8 Å². The summed E-state index contributed by atoms with van der Waals surface area (Å²) >= 11 is 0. The smallest absolute Gasteiger partial charge is 0.241 e. The Labute approximate surface area is 88.8 Å². The molecule has 0 amide bonds. The van der Waals surface area contributed by atoms with Crippen molar-refractivity contribution in [1.29, 1.82) is 0 Å². The van der Waals surface area contributed by atoms with Crippen LogP contribution in [0.4, 0.5) is 5.69 Å². The monoisotopic (exact) mass is 209 g/mol. The molecule has 0 heterocycles. The van der Waals surface area contributed by atoms with Crippen LogP contribution >= 0.6 is 0 Å². The maximum absolute atomic E-state index is 9.19. The summed E-state index contributed by atoms with van der Waals surface area (Å²) in [6.07, 6.45) is 1.62. The maximum atomic E-state index is 9.19. The molecule has 82 valence electrons. The van der Waals surface area contributed by atoms with E-state index in [-0.39, 0.29) is 0 Å². The van der Waals surface area contributed by atoms with Crippen LogP contribution in [0.3, 0.4) is 0 Å². The SMILES string of the molecule is C=CCOc1ccccc1NC(C)(O)O. The van der Waals surface area contributed by atoms with E-state index in [1.54, 1.807) is 30.3 Å². The molecule has 0 aliphatic carbocycles. The third-order valence-corrected chi connectivity index (χ3v) is 1.62. The highest BCUT2D eigenvalue weighted by atomic mass is 16.5. The first-order valence-corrected chi connectivity index (χ1v) is 4.58. The van der Waals surface area contributed by atoms with E-state index in [9.17, 15) is 10.2 Å². The fourth-order valence-electron chi connectivity index (χ4n) is 1.10. The molecule has 0 aliphatic rings. The average Bonchev–Trinajstić information content (AvgIpc) is 2.14. The third-order valence-electron chi connectivity index (χ3n) is 1.62. The van der Waals surface area contributed by atoms with Crippen molar-refractivity contribution in [2.45, 2.75) is 12.8 Å². The van der Waals surface area contributed by atoms with E-state index in [2.05, 4.69) is 11.9 Å². The Kier molecular flexibility index (Phi) is 3.71. The Morgan fingerprint density at radius 1 is 1.47 bits per heavy atom. The van der Waals surface area contributed by atoms with E-state index >= 15 is 0 Å². The fourth-order valence-corrected chi connectivity index (χ4v) is 1.10. The van der Waals surface area contributed by atoms with Crippen molar-refractivity contribution in [2.75, 3.05) is 11.9 Å². The Hall–Kier alpha value is -1.52. The number of para-hydroxylation sites is 2. The fraction of sp³-hybridized carbons (Fsp3) is 0.273. The van der Waals surface area contributed by atoms with E-state index < -0.39 is 5.91 Å². The summed E-state index contributed by atoms with van der Waals surface area (Å²) in [5.41, 5.74) is 0.520. The van der Waals surface area contributed by atoms with Gasteiger partial charge < -0.3 is 20.3 Å². The molecule has 1 aromatic carbocycles. The molecular formula is C11H15NO3. The molecule has 0 spiro atoms. The molecule has 0 atom stereocenters. The Bertz CT molecular complexity index is 331. The lowest BCUT2D eigenvalue weighted by Gasteiger charge is -2.20. The molecule has 0 unspecified atom stereocenters. The van der Waals surface area contributed by atoms with Crippen LogP contribution in [0.1, 0.15) is 6.92 Å². The lowest BCUT2D eigenvalue weighted by molar-refractivity contribution is -0.118. The van der Waals surface area contributed by atoms with Crippen LogP contribution in [0.15, 0.2) is 36.9 Å². The van der Waals surface area contributed by atoms with Gasteiger partial charge in [-0.2, -0.15) is 0 Å². The Balaban J connectivity index is 2.81. The van der Waals surface area contributed by atoms with Crippen LogP contribution in [0.25, 0.3) is 0 Å². The number of rotatable bonds is 5. The number of ether oxygens (including phenoxy) is 1. The second kappa shape index (κ2) is 4.82. The van der Waals surface area contributed by atoms with Gasteiger partial charge >= 0.3 is 0 Å². The Morgan fingerprint density at radius 3 is 2.73 bits per heavy atom. The minimum atomic E-state index is -1.96. The summed E-state index contributed by atoms with van der Waals surface area (Å²) in [4.78, 5) is 0. The van der Waals surface area contributed by atoms with Gasteiger partial charge in [-0.25, -0.2) is 0 Å². The van der Waals surface area contributed by atoms with Crippen molar-refractivity contribution >= 4 is 5.69 Å². The van der Waals surface area contributed by atoms with E-state index in [1.165, 1.54) is 6.92 Å². The van der Waals surface area contributed by atoms with Crippen LogP contribution in [0.5, 0.6) is 5.75 Å². The largest absolute Gasteiger partial charge is 0.487 e. The van der Waals surface area contributed by atoms with E-state index in [0.29, 0.717) is 18.0 Å². The molecule has 1 aromatic rings. The van der Waals surface area contributed by atoms with Crippen molar-refractivity contribution in [1.82, 2.24) is 0 Å². The van der Waals surface area contributed by atoms with Crippen LogP contribution in [0.2, 0.25) is 0 Å². The van der Waals surface area contributed by atoms with E-state index in [4.69, 9.17) is 4.74 Å². The molecular weight excluding hydrogens is 194 g/mol. The molecule has 0 bridgehead atoms. The molecule has 4 heteroatoms. The second-order valence-electron chi connectivity index (χ2n) is 3.24. The summed E-state index contributed by atoms with van der Waals surface area (Å²) < 4.78 is 5.33. The topological polar surface area (TPSA) is 61.7 Å². The quantitative estimate of drug-likeness (QED) is 0.505. The predicted molar refractivity (Wildman–Crippen MR) is 58.6 cm³/mol. The second-order valence-corrected chi connectivity index (χ2v) is 3.24. The zero-order chi connectivity index (χ0) is 11.3. The highest BCUT2D eigenvalue weighted by Crippen LogP contribution is 2.25. The van der Waals surface area contributed by atoms with Crippen molar-refractivity contribution in [2.24, 2.45) is 0 Å². The number of benzene rings is 1. The zero-order valence-electron chi connectivity index (χ0n) is 8.60. The lowest BCUT2D eigenvalue weighted by atomic mass is 10.3. The summed E-state index contributed by atoms with van der Waals surface area (Å²) in [5.74, 6) is -1.42. The third kappa shape index (κ3) is 4.01. The average molecular weight is 209 g/mol. The van der Waals surface area contributed by atoms with Crippen LogP contribution < -0.4 is 10.1 Å². The van der Waals surface area contributed by atoms with Crippen molar-refractivity contribution in [3.05, 3.63) is 36.9 Å². The van der Waals surface area contributed by atoms with Crippen molar-refractivity contribution in [3.8, 4) is 5.75 Å². The van der Waals surface area contributed by atoms with Crippen molar-refractivity contribution < 1.29 is 14.9 Å². The number of hydrogen-bond acceptors (Lipinski definition) is 4. The summed E-state index contributed by atoms with van der Waals surface area (Å²) in [7, 11) is 0. The van der Waals surface area contributed by atoms with Crippen LogP contribution in [-0.4, -0.2) is 22.7 Å². The zero-order valence-corrected chi connectivity index (χ0v) is 8.60. The van der Waals surface area contributed by atoms with Gasteiger partial charge in [0.05, 0.1) is 5.69 Å². The molecule has 4 nitrogen and oxygen atoms in total. The number of aliphatic hydroxyl groups is 2. The molecule has 0 radical (unpaired) electrons. The molecule has 3 N–H and O–H groups in total. The van der Waals surface area contributed by atoms with E-state index in [0.717, 1.165) is 0 Å². The highest BCUT2D eigenvalue weighted by Gasteiger charge is 2.16. The summed E-state index contributed by atoms with van der Waals surface area (Å²) in [6, 6.07) is 7.01. The molecule has 0 aromatic heterocycles. The first-order chi connectivity index (χ1) is 7.03. The first-order valence-electron chi connectivity index (χ1n) is 4.58. The number of anilines is 1. The number of hydrogen-bond donors (Lipinski definition) is 3. The van der Waals surface area contributed by atoms with Gasteiger partial charge in [0, 0.05) is 6.92 Å². The standard InChI is InChI=1S/C11H15NO3/c1-3-8-15-10-7-5-4-6-9(10)12-11(2,13)14/h3-7,12-14H,1,8H2,2H3. The van der Waals surface area contributed by atoms with Crippen LogP contribution in [0, 0.1) is 0 Å².